The summed E-state index contributed by atoms with van der Waals surface area (Å²) < 4.78 is 24.2. The van der Waals surface area contributed by atoms with Gasteiger partial charge in [-0.2, -0.15) is 0 Å². The fourth-order valence-electron chi connectivity index (χ4n) is 1.91. The molecule has 0 aliphatic rings. The monoisotopic (exact) mass is 325 g/mol. The van der Waals surface area contributed by atoms with Gasteiger partial charge in [-0.15, -0.1) is 0 Å². The van der Waals surface area contributed by atoms with Gasteiger partial charge in [0.1, 0.15) is 0 Å². The van der Waals surface area contributed by atoms with Crippen LogP contribution in [0.2, 0.25) is 0 Å². The lowest BCUT2D eigenvalue weighted by atomic mass is 10.1. The Morgan fingerprint density at radius 1 is 1.14 bits per heavy atom. The molecule has 0 radical (unpaired) electrons. The zero-order chi connectivity index (χ0) is 16.4. The molecule has 0 aliphatic heterocycles. The van der Waals surface area contributed by atoms with E-state index in [-0.39, 0.29) is 5.75 Å². The number of hydrogen-bond acceptors (Lipinski definition) is 3. The van der Waals surface area contributed by atoms with E-state index in [1.807, 2.05) is 6.07 Å². The molecule has 0 amide bonds. The molecule has 6 heteroatoms. The summed E-state index contributed by atoms with van der Waals surface area (Å²) >= 11 is 0. The lowest BCUT2D eigenvalue weighted by Gasteiger charge is -2.12. The number of benzene rings is 1. The second-order valence-corrected chi connectivity index (χ2v) is 7.70. The lowest BCUT2D eigenvalue weighted by Crippen LogP contribution is -2.38. The molecule has 0 unspecified atom stereocenters. The van der Waals surface area contributed by atoms with Crippen molar-refractivity contribution >= 4 is 15.8 Å². The Bertz CT molecular complexity index is 554. The highest BCUT2D eigenvalue weighted by Gasteiger charge is 2.13. The third-order valence-corrected chi connectivity index (χ3v) is 5.04. The second kappa shape index (κ2) is 9.46. The van der Waals surface area contributed by atoms with Crippen molar-refractivity contribution in [2.45, 2.75) is 31.6 Å². The molecule has 0 saturated heterocycles. The molecule has 0 bridgehead atoms. The van der Waals surface area contributed by atoms with Gasteiger partial charge in [-0.25, -0.2) is 8.42 Å². The van der Waals surface area contributed by atoms with Crippen LogP contribution in [0.4, 0.5) is 0 Å². The van der Waals surface area contributed by atoms with E-state index in [1.165, 1.54) is 0 Å². The van der Waals surface area contributed by atoms with Crippen LogP contribution in [-0.4, -0.2) is 40.3 Å². The molecule has 1 aromatic carbocycles. The average molecular weight is 325 g/mol. The highest BCUT2D eigenvalue weighted by atomic mass is 32.2. The van der Waals surface area contributed by atoms with E-state index in [0.29, 0.717) is 23.8 Å². The number of nitrogens with one attached hydrogen (secondary N) is 2. The fourth-order valence-corrected chi connectivity index (χ4v) is 3.25. The molecule has 0 aliphatic carbocycles. The number of rotatable bonds is 8. The first-order valence-electron chi connectivity index (χ1n) is 7.68. The summed E-state index contributed by atoms with van der Waals surface area (Å²) in [6, 6.07) is 8.56. The van der Waals surface area contributed by atoms with Crippen LogP contribution in [-0.2, 0) is 9.84 Å². The number of sulfone groups is 1. The predicted molar refractivity (Wildman–Crippen MR) is 91.9 cm³/mol. The third kappa shape index (κ3) is 6.93. The van der Waals surface area contributed by atoms with Crippen LogP contribution in [0.3, 0.4) is 0 Å². The van der Waals surface area contributed by atoms with Gasteiger partial charge >= 0.3 is 0 Å². The van der Waals surface area contributed by atoms with Crippen molar-refractivity contribution in [3.63, 3.8) is 0 Å². The minimum absolute atomic E-state index is 0.132. The number of guanidine groups is 1. The maximum atomic E-state index is 12.1. The molecule has 0 atom stereocenters. The predicted octanol–water partition coefficient (Wildman–Crippen LogP) is 2.06. The van der Waals surface area contributed by atoms with Crippen molar-refractivity contribution in [2.75, 3.05) is 25.9 Å². The summed E-state index contributed by atoms with van der Waals surface area (Å²) in [7, 11) is -1.48. The van der Waals surface area contributed by atoms with Gasteiger partial charge in [0.2, 0.25) is 0 Å². The SMILES string of the molecule is CN=C(NCCCS(=O)(=O)c1ccccc1)NCCC(C)C. The summed E-state index contributed by atoms with van der Waals surface area (Å²) in [6.45, 7) is 5.78. The van der Waals surface area contributed by atoms with Crippen molar-refractivity contribution < 1.29 is 8.42 Å². The smallest absolute Gasteiger partial charge is 0.190 e. The molecule has 1 aromatic rings. The van der Waals surface area contributed by atoms with Gasteiger partial charge < -0.3 is 10.6 Å². The van der Waals surface area contributed by atoms with Crippen LogP contribution in [0, 0.1) is 5.92 Å². The normalized spacial score (nSPS) is 12.5. The van der Waals surface area contributed by atoms with Crippen molar-refractivity contribution in [3.8, 4) is 0 Å². The minimum atomic E-state index is -3.19. The van der Waals surface area contributed by atoms with Gasteiger partial charge in [-0.05, 0) is 30.9 Å². The topological polar surface area (TPSA) is 70.6 Å². The van der Waals surface area contributed by atoms with Crippen LogP contribution in [0.1, 0.15) is 26.7 Å². The Labute approximate surface area is 134 Å². The molecule has 0 saturated carbocycles. The van der Waals surface area contributed by atoms with Gasteiger partial charge in [-0.1, -0.05) is 32.0 Å². The van der Waals surface area contributed by atoms with E-state index in [1.54, 1.807) is 31.3 Å². The van der Waals surface area contributed by atoms with Gasteiger partial charge in [0, 0.05) is 20.1 Å². The molecular formula is C16H27N3O2S. The largest absolute Gasteiger partial charge is 0.356 e. The molecule has 22 heavy (non-hydrogen) atoms. The number of nitrogens with zero attached hydrogens (tertiary/aromatic N) is 1. The summed E-state index contributed by atoms with van der Waals surface area (Å²) in [5.41, 5.74) is 0. The summed E-state index contributed by atoms with van der Waals surface area (Å²) in [5.74, 6) is 1.49. The Hall–Kier alpha value is -1.56. The quantitative estimate of drug-likeness (QED) is 0.436. The maximum Gasteiger partial charge on any atom is 0.190 e. The van der Waals surface area contributed by atoms with E-state index >= 15 is 0 Å². The Morgan fingerprint density at radius 3 is 2.36 bits per heavy atom. The van der Waals surface area contributed by atoms with E-state index in [9.17, 15) is 8.42 Å². The highest BCUT2D eigenvalue weighted by molar-refractivity contribution is 7.91. The molecule has 0 aromatic heterocycles. The first kappa shape index (κ1) is 18.5. The van der Waals surface area contributed by atoms with Crippen LogP contribution >= 0.6 is 0 Å². The van der Waals surface area contributed by atoms with E-state index in [2.05, 4.69) is 29.5 Å². The van der Waals surface area contributed by atoms with E-state index in [4.69, 9.17) is 0 Å². The lowest BCUT2D eigenvalue weighted by molar-refractivity contribution is 0.572. The second-order valence-electron chi connectivity index (χ2n) is 5.59. The zero-order valence-electron chi connectivity index (χ0n) is 13.7. The standard InChI is InChI=1S/C16H27N3O2S/c1-14(2)10-12-19-16(17-3)18-11-7-13-22(20,21)15-8-5-4-6-9-15/h4-6,8-9,14H,7,10-13H2,1-3H3,(H2,17,18,19). The molecule has 124 valence electrons. The van der Waals surface area contributed by atoms with Crippen LogP contribution < -0.4 is 10.6 Å². The first-order valence-corrected chi connectivity index (χ1v) is 9.33. The molecule has 0 spiro atoms. The van der Waals surface area contributed by atoms with Crippen molar-refractivity contribution in [1.29, 1.82) is 0 Å². The van der Waals surface area contributed by atoms with Crippen molar-refractivity contribution in [2.24, 2.45) is 10.9 Å². The fraction of sp³-hybridized carbons (Fsp3) is 0.562. The molecule has 0 heterocycles. The Balaban J connectivity index is 2.32. The van der Waals surface area contributed by atoms with Gasteiger partial charge in [-0.3, -0.25) is 4.99 Å². The van der Waals surface area contributed by atoms with E-state index in [0.717, 1.165) is 18.9 Å². The Morgan fingerprint density at radius 2 is 1.77 bits per heavy atom. The van der Waals surface area contributed by atoms with Crippen LogP contribution in [0.25, 0.3) is 0 Å². The molecule has 5 nitrogen and oxygen atoms in total. The molecular weight excluding hydrogens is 298 g/mol. The van der Waals surface area contributed by atoms with E-state index < -0.39 is 9.84 Å². The van der Waals surface area contributed by atoms with Gasteiger partial charge in [0.05, 0.1) is 10.6 Å². The molecule has 0 fully saturated rings. The zero-order valence-corrected chi connectivity index (χ0v) is 14.5. The minimum Gasteiger partial charge on any atom is -0.356 e. The summed E-state index contributed by atoms with van der Waals surface area (Å²) in [4.78, 5) is 4.51. The highest BCUT2D eigenvalue weighted by Crippen LogP contribution is 2.10. The number of aliphatic imine (C=N–C) groups is 1. The third-order valence-electron chi connectivity index (χ3n) is 3.22. The molecule has 2 N–H and O–H groups in total. The molecule has 1 rings (SSSR count). The van der Waals surface area contributed by atoms with Gasteiger partial charge in [0.25, 0.3) is 0 Å². The first-order chi connectivity index (χ1) is 10.5. The average Bonchev–Trinajstić information content (AvgIpc) is 2.50. The van der Waals surface area contributed by atoms with Crippen molar-refractivity contribution in [3.05, 3.63) is 30.3 Å². The van der Waals surface area contributed by atoms with Gasteiger partial charge in [0.15, 0.2) is 15.8 Å². The van der Waals surface area contributed by atoms with Crippen LogP contribution in [0.15, 0.2) is 40.2 Å². The summed E-state index contributed by atoms with van der Waals surface area (Å²) in [6.07, 6.45) is 1.62. The maximum absolute atomic E-state index is 12.1. The van der Waals surface area contributed by atoms with Crippen LogP contribution in [0.5, 0.6) is 0 Å². The van der Waals surface area contributed by atoms with Crippen molar-refractivity contribution in [1.82, 2.24) is 10.6 Å². The Kier molecular flexibility index (Phi) is 7.95. The number of hydrogen-bond donors (Lipinski definition) is 2. The summed E-state index contributed by atoms with van der Waals surface area (Å²) in [5, 5.41) is 6.36.